The Morgan fingerprint density at radius 1 is 1.09 bits per heavy atom. The van der Waals surface area contributed by atoms with Gasteiger partial charge in [-0.15, -0.1) is 0 Å². The Hall–Kier alpha value is -2.54. The molecule has 2 aromatic carbocycles. The van der Waals surface area contributed by atoms with Crippen LogP contribution in [0.3, 0.4) is 0 Å². The second-order valence-electron chi connectivity index (χ2n) is 4.70. The number of imidazole rings is 1. The van der Waals surface area contributed by atoms with Crippen LogP contribution >= 0.6 is 0 Å². The molecule has 0 spiro atoms. The highest BCUT2D eigenvalue weighted by molar-refractivity contribution is 7.87. The van der Waals surface area contributed by atoms with Gasteiger partial charge in [-0.1, -0.05) is 24.3 Å². The normalized spacial score (nSPS) is 11.5. The molecule has 1 aromatic heterocycles. The van der Waals surface area contributed by atoms with Crippen LogP contribution in [0, 0.1) is 6.92 Å². The average Bonchev–Trinajstić information content (AvgIpc) is 2.87. The predicted molar refractivity (Wildman–Crippen MR) is 81.6 cm³/mol. The first-order valence-corrected chi connectivity index (χ1v) is 7.95. The van der Waals surface area contributed by atoms with Gasteiger partial charge in [0.05, 0.1) is 18.1 Å². The Bertz CT molecular complexity index is 899. The summed E-state index contributed by atoms with van der Waals surface area (Å²) in [5, 5.41) is 0. The lowest BCUT2D eigenvalue weighted by Gasteiger charge is -2.11. The lowest BCUT2D eigenvalue weighted by molar-refractivity contribution is 0.396. The summed E-state index contributed by atoms with van der Waals surface area (Å²) in [6.45, 7) is 1.68. The fourth-order valence-electron chi connectivity index (χ4n) is 2.22. The van der Waals surface area contributed by atoms with Gasteiger partial charge < -0.3 is 13.9 Å². The van der Waals surface area contributed by atoms with Gasteiger partial charge in [-0.2, -0.15) is 13.4 Å². The number of aryl methyl sites for hydroxylation is 1. The van der Waals surface area contributed by atoms with Gasteiger partial charge in [0.25, 0.3) is 0 Å². The fourth-order valence-corrected chi connectivity index (χ4v) is 3.45. The summed E-state index contributed by atoms with van der Waals surface area (Å²) < 4.78 is 35.3. The fraction of sp³-hybridized carbons (Fsp3) is 0.133. The smallest absolute Gasteiger partial charge is 0.345 e. The van der Waals surface area contributed by atoms with Crippen molar-refractivity contribution in [3.05, 3.63) is 48.0 Å². The summed E-state index contributed by atoms with van der Waals surface area (Å²) in [5.74, 6) is 0.233. The molecule has 7 heteroatoms. The molecule has 0 aliphatic heterocycles. The van der Waals surface area contributed by atoms with Crippen molar-refractivity contribution in [1.82, 2.24) is 9.97 Å². The maximum atomic E-state index is 12.5. The van der Waals surface area contributed by atoms with Gasteiger partial charge in [-0.25, -0.2) is 0 Å². The topological polar surface area (TPSA) is 81.3 Å². The zero-order valence-electron chi connectivity index (χ0n) is 12.0. The van der Waals surface area contributed by atoms with E-state index in [0.29, 0.717) is 16.6 Å². The molecule has 0 saturated carbocycles. The van der Waals surface area contributed by atoms with E-state index in [9.17, 15) is 8.42 Å². The molecule has 6 nitrogen and oxygen atoms in total. The first-order valence-electron chi connectivity index (χ1n) is 6.54. The van der Waals surface area contributed by atoms with Gasteiger partial charge in [0, 0.05) is 0 Å². The molecule has 1 N–H and O–H groups in total. The van der Waals surface area contributed by atoms with E-state index in [1.807, 2.05) is 12.1 Å². The van der Waals surface area contributed by atoms with E-state index in [4.69, 9.17) is 8.92 Å². The van der Waals surface area contributed by atoms with Gasteiger partial charge in [0.2, 0.25) is 0 Å². The Morgan fingerprint density at radius 3 is 2.59 bits per heavy atom. The van der Waals surface area contributed by atoms with Gasteiger partial charge in [-0.3, -0.25) is 0 Å². The second kappa shape index (κ2) is 5.34. The standard InChI is InChI=1S/C15H14N2O4S/c1-10-6-5-9-13(20-2)14(10)22(18,19)21-15-16-11-7-3-4-8-12(11)17-15/h3-9H,1-2H3,(H,16,17). The van der Waals surface area contributed by atoms with Gasteiger partial charge in [0.15, 0.2) is 4.90 Å². The highest BCUT2D eigenvalue weighted by atomic mass is 32.2. The lowest BCUT2D eigenvalue weighted by atomic mass is 10.2. The van der Waals surface area contributed by atoms with Crippen LogP contribution in [0.4, 0.5) is 0 Å². The first-order chi connectivity index (χ1) is 10.5. The summed E-state index contributed by atoms with van der Waals surface area (Å²) in [7, 11) is -2.64. The summed E-state index contributed by atoms with van der Waals surface area (Å²) in [5.41, 5.74) is 1.87. The van der Waals surface area contributed by atoms with Gasteiger partial charge in [-0.05, 0) is 30.7 Å². The number of ether oxygens (including phenoxy) is 1. The number of rotatable bonds is 4. The summed E-state index contributed by atoms with van der Waals surface area (Å²) >= 11 is 0. The van der Waals surface area contributed by atoms with E-state index in [1.165, 1.54) is 7.11 Å². The minimum atomic E-state index is -4.05. The summed E-state index contributed by atoms with van der Waals surface area (Å²) in [4.78, 5) is 6.93. The maximum Gasteiger partial charge on any atom is 0.345 e. The van der Waals surface area contributed by atoms with Crippen molar-refractivity contribution in [1.29, 1.82) is 0 Å². The highest BCUT2D eigenvalue weighted by Gasteiger charge is 2.25. The summed E-state index contributed by atoms with van der Waals surface area (Å²) in [6, 6.07) is 12.1. The number of para-hydroxylation sites is 2. The quantitative estimate of drug-likeness (QED) is 0.748. The lowest BCUT2D eigenvalue weighted by Crippen LogP contribution is -2.13. The van der Waals surface area contributed by atoms with E-state index in [-0.39, 0.29) is 16.7 Å². The average molecular weight is 318 g/mol. The molecule has 3 rings (SSSR count). The van der Waals surface area contributed by atoms with Crippen LogP contribution in [0.1, 0.15) is 5.56 Å². The van der Waals surface area contributed by atoms with E-state index >= 15 is 0 Å². The van der Waals surface area contributed by atoms with Crippen molar-refractivity contribution in [2.45, 2.75) is 11.8 Å². The summed E-state index contributed by atoms with van der Waals surface area (Å²) in [6.07, 6.45) is 0. The first kappa shape index (κ1) is 14.4. The molecule has 0 radical (unpaired) electrons. The van der Waals surface area contributed by atoms with Crippen LogP contribution in [0.25, 0.3) is 11.0 Å². The van der Waals surface area contributed by atoms with Crippen molar-refractivity contribution in [2.24, 2.45) is 0 Å². The van der Waals surface area contributed by atoms with Crippen molar-refractivity contribution >= 4 is 21.2 Å². The monoisotopic (exact) mass is 318 g/mol. The molecule has 1 heterocycles. The second-order valence-corrected chi connectivity index (χ2v) is 6.19. The predicted octanol–water partition coefficient (Wildman–Crippen LogP) is 2.65. The van der Waals surface area contributed by atoms with Crippen LogP contribution in [0.5, 0.6) is 11.8 Å². The number of nitrogens with zero attached hydrogens (tertiary/aromatic N) is 1. The Kier molecular flexibility index (Phi) is 3.50. The molecule has 0 atom stereocenters. The van der Waals surface area contributed by atoms with Crippen molar-refractivity contribution in [3.63, 3.8) is 0 Å². The minimum Gasteiger partial charge on any atom is -0.495 e. The van der Waals surface area contributed by atoms with Crippen molar-refractivity contribution in [2.75, 3.05) is 7.11 Å². The van der Waals surface area contributed by atoms with Crippen molar-refractivity contribution in [3.8, 4) is 11.8 Å². The van der Waals surface area contributed by atoms with E-state index in [1.54, 1.807) is 37.3 Å². The zero-order chi connectivity index (χ0) is 15.7. The molecule has 114 valence electrons. The number of aromatic nitrogens is 2. The molecule has 0 saturated heterocycles. The third-order valence-corrected chi connectivity index (χ3v) is 4.60. The number of H-pyrrole nitrogens is 1. The largest absolute Gasteiger partial charge is 0.495 e. The molecule has 0 aliphatic carbocycles. The van der Waals surface area contributed by atoms with Crippen LogP contribution in [-0.4, -0.2) is 25.5 Å². The Balaban J connectivity index is 2.04. The minimum absolute atomic E-state index is 0.00189. The zero-order valence-corrected chi connectivity index (χ0v) is 12.8. The SMILES string of the molecule is COc1cccc(C)c1S(=O)(=O)Oc1nc2ccccc2[nH]1. The molecule has 0 amide bonds. The van der Waals surface area contributed by atoms with Gasteiger partial charge >= 0.3 is 16.1 Å². The maximum absolute atomic E-state index is 12.5. The number of fused-ring (bicyclic) bond motifs is 1. The Morgan fingerprint density at radius 2 is 1.86 bits per heavy atom. The highest BCUT2D eigenvalue weighted by Crippen LogP contribution is 2.29. The number of methoxy groups -OCH3 is 1. The molecule has 3 aromatic rings. The molecule has 0 fully saturated rings. The van der Waals surface area contributed by atoms with E-state index in [2.05, 4.69) is 9.97 Å². The Labute approximate surface area is 127 Å². The van der Waals surface area contributed by atoms with Crippen LogP contribution in [0.2, 0.25) is 0 Å². The number of benzene rings is 2. The molecular formula is C15H14N2O4S. The number of hydrogen-bond acceptors (Lipinski definition) is 5. The van der Waals surface area contributed by atoms with Gasteiger partial charge in [0.1, 0.15) is 5.75 Å². The molecule has 0 unspecified atom stereocenters. The van der Waals surface area contributed by atoms with E-state index in [0.717, 1.165) is 0 Å². The third kappa shape index (κ3) is 2.50. The van der Waals surface area contributed by atoms with Crippen LogP contribution < -0.4 is 8.92 Å². The molecule has 22 heavy (non-hydrogen) atoms. The van der Waals surface area contributed by atoms with E-state index < -0.39 is 10.1 Å². The molecular weight excluding hydrogens is 304 g/mol. The number of nitrogens with one attached hydrogen (secondary N) is 1. The van der Waals surface area contributed by atoms with Crippen molar-refractivity contribution < 1.29 is 17.3 Å². The third-order valence-electron chi connectivity index (χ3n) is 3.20. The number of aromatic amines is 1. The van der Waals surface area contributed by atoms with Crippen LogP contribution in [0.15, 0.2) is 47.4 Å². The number of hydrogen-bond donors (Lipinski definition) is 1. The van der Waals surface area contributed by atoms with Crippen LogP contribution in [-0.2, 0) is 10.1 Å². The molecule has 0 aliphatic rings. The molecule has 0 bridgehead atoms.